The van der Waals surface area contributed by atoms with Crippen LogP contribution in [0.5, 0.6) is 5.88 Å². The average molecular weight is 251 g/mol. The molecule has 1 atom stereocenters. The molecular weight excluding hydrogens is 230 g/mol. The molecule has 6 heteroatoms. The van der Waals surface area contributed by atoms with Crippen molar-refractivity contribution in [2.45, 2.75) is 6.04 Å². The van der Waals surface area contributed by atoms with Gasteiger partial charge in [-0.15, -0.1) is 0 Å². The number of piperazine rings is 1. The summed E-state index contributed by atoms with van der Waals surface area (Å²) in [5.41, 5.74) is 0. The van der Waals surface area contributed by atoms with Gasteiger partial charge in [-0.2, -0.15) is 4.98 Å². The number of aromatic nitrogens is 2. The van der Waals surface area contributed by atoms with Crippen molar-refractivity contribution in [3.8, 4) is 5.88 Å². The number of nitrogens with one attached hydrogen (secondary N) is 1. The molecule has 0 radical (unpaired) electrons. The molecule has 100 valence electrons. The zero-order valence-electron chi connectivity index (χ0n) is 11.3. The summed E-state index contributed by atoms with van der Waals surface area (Å²) in [6.07, 6.45) is 1.70. The first kappa shape index (κ1) is 13.0. The third-order valence-corrected chi connectivity index (χ3v) is 3.32. The maximum atomic E-state index is 5.08. The van der Waals surface area contributed by atoms with Gasteiger partial charge in [-0.1, -0.05) is 0 Å². The van der Waals surface area contributed by atoms with Crippen LogP contribution in [0.3, 0.4) is 0 Å². The van der Waals surface area contributed by atoms with Gasteiger partial charge in [0.05, 0.1) is 7.11 Å². The van der Waals surface area contributed by atoms with E-state index in [1.807, 2.05) is 0 Å². The maximum absolute atomic E-state index is 5.08. The van der Waals surface area contributed by atoms with Gasteiger partial charge in [0, 0.05) is 44.5 Å². The van der Waals surface area contributed by atoms with Crippen LogP contribution in [0.15, 0.2) is 12.3 Å². The van der Waals surface area contributed by atoms with E-state index in [-0.39, 0.29) is 0 Å². The number of ether oxygens (including phenoxy) is 1. The standard InChI is InChI=1S/C12H21N5O/c1-16-6-7-17(2)10(9-16)8-14-12-13-5-4-11(15-12)18-3/h4-5,10H,6-9H2,1-3H3,(H,13,14,15). The van der Waals surface area contributed by atoms with Crippen LogP contribution in [-0.2, 0) is 0 Å². The van der Waals surface area contributed by atoms with Crippen LogP contribution in [0.4, 0.5) is 5.95 Å². The van der Waals surface area contributed by atoms with Gasteiger partial charge in [-0.05, 0) is 14.1 Å². The van der Waals surface area contributed by atoms with Gasteiger partial charge < -0.3 is 15.0 Å². The SMILES string of the molecule is COc1ccnc(NCC2CN(C)CCN2C)n1. The van der Waals surface area contributed by atoms with Crippen LogP contribution in [0.1, 0.15) is 0 Å². The van der Waals surface area contributed by atoms with Crippen molar-refractivity contribution in [1.29, 1.82) is 0 Å². The van der Waals surface area contributed by atoms with E-state index >= 15 is 0 Å². The molecule has 0 amide bonds. The molecule has 1 aromatic heterocycles. The highest BCUT2D eigenvalue weighted by atomic mass is 16.5. The summed E-state index contributed by atoms with van der Waals surface area (Å²) in [6, 6.07) is 2.23. The third kappa shape index (κ3) is 3.30. The summed E-state index contributed by atoms with van der Waals surface area (Å²) < 4.78 is 5.08. The molecule has 0 saturated carbocycles. The lowest BCUT2D eigenvalue weighted by molar-refractivity contribution is 0.121. The molecule has 18 heavy (non-hydrogen) atoms. The zero-order valence-corrected chi connectivity index (χ0v) is 11.3. The highest BCUT2D eigenvalue weighted by Crippen LogP contribution is 2.09. The predicted octanol–water partition coefficient (Wildman–Crippen LogP) is 0.143. The Morgan fingerprint density at radius 3 is 3.06 bits per heavy atom. The quantitative estimate of drug-likeness (QED) is 0.822. The molecule has 2 heterocycles. The predicted molar refractivity (Wildman–Crippen MR) is 71.0 cm³/mol. The molecule has 2 rings (SSSR count). The fraction of sp³-hybridized carbons (Fsp3) is 0.667. The van der Waals surface area contributed by atoms with Gasteiger partial charge >= 0.3 is 0 Å². The molecule has 1 aromatic rings. The van der Waals surface area contributed by atoms with Crippen LogP contribution in [0, 0.1) is 0 Å². The first-order valence-electron chi connectivity index (χ1n) is 6.18. The molecule has 1 N–H and O–H groups in total. The van der Waals surface area contributed by atoms with E-state index < -0.39 is 0 Å². The summed E-state index contributed by atoms with van der Waals surface area (Å²) in [7, 11) is 5.92. The van der Waals surface area contributed by atoms with E-state index in [9.17, 15) is 0 Å². The smallest absolute Gasteiger partial charge is 0.225 e. The van der Waals surface area contributed by atoms with E-state index in [0.717, 1.165) is 26.2 Å². The van der Waals surface area contributed by atoms with Crippen molar-refractivity contribution in [3.05, 3.63) is 12.3 Å². The number of rotatable bonds is 4. The Labute approximate surface area is 108 Å². The number of methoxy groups -OCH3 is 1. The molecular formula is C12H21N5O. The van der Waals surface area contributed by atoms with E-state index in [2.05, 4.69) is 39.2 Å². The van der Waals surface area contributed by atoms with Crippen molar-refractivity contribution >= 4 is 5.95 Å². The van der Waals surface area contributed by atoms with Gasteiger partial charge in [0.2, 0.25) is 11.8 Å². The summed E-state index contributed by atoms with van der Waals surface area (Å²) in [5, 5.41) is 3.27. The molecule has 1 saturated heterocycles. The number of likely N-dealkylation sites (N-methyl/N-ethyl adjacent to an activating group) is 2. The second-order valence-electron chi connectivity index (χ2n) is 4.70. The molecule has 0 aliphatic carbocycles. The third-order valence-electron chi connectivity index (χ3n) is 3.32. The van der Waals surface area contributed by atoms with Crippen LogP contribution in [0.25, 0.3) is 0 Å². The minimum atomic E-state index is 0.485. The molecule has 1 aliphatic heterocycles. The first-order valence-corrected chi connectivity index (χ1v) is 6.18. The van der Waals surface area contributed by atoms with Gasteiger partial charge in [-0.25, -0.2) is 4.98 Å². The molecule has 0 bridgehead atoms. The largest absolute Gasteiger partial charge is 0.481 e. The molecule has 1 aliphatic rings. The Hall–Kier alpha value is -1.40. The van der Waals surface area contributed by atoms with E-state index in [4.69, 9.17) is 4.74 Å². The highest BCUT2D eigenvalue weighted by Gasteiger charge is 2.21. The zero-order chi connectivity index (χ0) is 13.0. The minimum absolute atomic E-state index is 0.485. The lowest BCUT2D eigenvalue weighted by atomic mass is 10.2. The van der Waals surface area contributed by atoms with E-state index in [0.29, 0.717) is 17.9 Å². The summed E-state index contributed by atoms with van der Waals surface area (Å²) >= 11 is 0. The summed E-state index contributed by atoms with van der Waals surface area (Å²) in [4.78, 5) is 13.1. The monoisotopic (exact) mass is 251 g/mol. The molecule has 0 aromatic carbocycles. The second-order valence-corrected chi connectivity index (χ2v) is 4.70. The fourth-order valence-electron chi connectivity index (χ4n) is 2.07. The topological polar surface area (TPSA) is 53.5 Å². The van der Waals surface area contributed by atoms with Crippen LogP contribution < -0.4 is 10.1 Å². The van der Waals surface area contributed by atoms with Gasteiger partial charge in [-0.3, -0.25) is 4.90 Å². The number of hydrogen-bond donors (Lipinski definition) is 1. The Morgan fingerprint density at radius 1 is 1.44 bits per heavy atom. The van der Waals surface area contributed by atoms with E-state index in [1.165, 1.54) is 0 Å². The van der Waals surface area contributed by atoms with Crippen molar-refractivity contribution < 1.29 is 4.74 Å². The van der Waals surface area contributed by atoms with Crippen LogP contribution in [-0.4, -0.2) is 73.2 Å². The number of hydrogen-bond acceptors (Lipinski definition) is 6. The molecule has 0 spiro atoms. The average Bonchev–Trinajstić information content (AvgIpc) is 2.40. The van der Waals surface area contributed by atoms with Crippen molar-refractivity contribution in [2.24, 2.45) is 0 Å². The molecule has 1 fully saturated rings. The molecule has 6 nitrogen and oxygen atoms in total. The Morgan fingerprint density at radius 2 is 2.28 bits per heavy atom. The lowest BCUT2D eigenvalue weighted by Crippen LogP contribution is -2.52. The summed E-state index contributed by atoms with van der Waals surface area (Å²) in [5.74, 6) is 1.21. The minimum Gasteiger partial charge on any atom is -0.481 e. The molecule has 1 unspecified atom stereocenters. The Bertz CT molecular complexity index is 386. The lowest BCUT2D eigenvalue weighted by Gasteiger charge is -2.37. The number of nitrogens with zero attached hydrogens (tertiary/aromatic N) is 4. The van der Waals surface area contributed by atoms with E-state index in [1.54, 1.807) is 19.4 Å². The maximum Gasteiger partial charge on any atom is 0.225 e. The van der Waals surface area contributed by atoms with Crippen LogP contribution >= 0.6 is 0 Å². The Balaban J connectivity index is 1.89. The highest BCUT2D eigenvalue weighted by molar-refractivity contribution is 5.27. The normalized spacial score (nSPS) is 21.8. The summed E-state index contributed by atoms with van der Waals surface area (Å²) in [6.45, 7) is 4.13. The van der Waals surface area contributed by atoms with Crippen LogP contribution in [0.2, 0.25) is 0 Å². The van der Waals surface area contributed by atoms with Gasteiger partial charge in [0.15, 0.2) is 0 Å². The van der Waals surface area contributed by atoms with Gasteiger partial charge in [0.1, 0.15) is 0 Å². The fourth-order valence-corrected chi connectivity index (χ4v) is 2.07. The van der Waals surface area contributed by atoms with Crippen molar-refractivity contribution in [1.82, 2.24) is 19.8 Å². The number of anilines is 1. The van der Waals surface area contributed by atoms with Gasteiger partial charge in [0.25, 0.3) is 0 Å². The van der Waals surface area contributed by atoms with Crippen molar-refractivity contribution in [3.63, 3.8) is 0 Å². The van der Waals surface area contributed by atoms with Crippen molar-refractivity contribution in [2.75, 3.05) is 52.7 Å². The second kappa shape index (κ2) is 5.97. The first-order chi connectivity index (χ1) is 8.69. The Kier molecular flexibility index (Phi) is 4.33.